The molecule has 0 radical (unpaired) electrons. The molecule has 1 aromatic rings. The van der Waals surface area contributed by atoms with Gasteiger partial charge >= 0.3 is 0 Å². The molecular formula is C14H23N3O. The third-order valence-corrected chi connectivity index (χ3v) is 3.66. The van der Waals surface area contributed by atoms with Crippen LogP contribution in [0.15, 0.2) is 15.5 Å². The number of rotatable bonds is 2. The molecule has 2 N–H and O–H groups in total. The molecule has 0 aliphatic carbocycles. The summed E-state index contributed by atoms with van der Waals surface area (Å²) < 4.78 is 5.48. The van der Waals surface area contributed by atoms with Gasteiger partial charge in [0.15, 0.2) is 5.96 Å². The average Bonchev–Trinajstić information content (AvgIpc) is 2.66. The van der Waals surface area contributed by atoms with Crippen LogP contribution in [0.4, 0.5) is 0 Å². The number of aliphatic imine (C=N–C) groups is 1. The molecule has 0 bridgehead atoms. The van der Waals surface area contributed by atoms with Crippen LogP contribution in [0, 0.1) is 19.8 Å². The molecule has 0 atom stereocenters. The van der Waals surface area contributed by atoms with Gasteiger partial charge in [0.05, 0.1) is 6.54 Å². The van der Waals surface area contributed by atoms with Crippen molar-refractivity contribution in [1.29, 1.82) is 0 Å². The fourth-order valence-electron chi connectivity index (χ4n) is 2.34. The van der Waals surface area contributed by atoms with Crippen molar-refractivity contribution in [1.82, 2.24) is 4.90 Å². The Morgan fingerprint density at radius 3 is 2.67 bits per heavy atom. The van der Waals surface area contributed by atoms with Crippen LogP contribution in [0.5, 0.6) is 0 Å². The second-order valence-electron chi connectivity index (χ2n) is 5.28. The molecular weight excluding hydrogens is 226 g/mol. The highest BCUT2D eigenvalue weighted by molar-refractivity contribution is 5.78. The zero-order chi connectivity index (χ0) is 13.1. The van der Waals surface area contributed by atoms with Crippen LogP contribution in [-0.4, -0.2) is 23.9 Å². The van der Waals surface area contributed by atoms with Gasteiger partial charge in [-0.05, 0) is 38.7 Å². The third kappa shape index (κ3) is 3.06. The molecule has 1 fully saturated rings. The summed E-state index contributed by atoms with van der Waals surface area (Å²) in [4.78, 5) is 6.66. The molecule has 0 amide bonds. The number of hydrogen-bond acceptors (Lipinski definition) is 2. The van der Waals surface area contributed by atoms with E-state index in [0.29, 0.717) is 12.5 Å². The maximum Gasteiger partial charge on any atom is 0.191 e. The quantitative estimate of drug-likeness (QED) is 0.647. The van der Waals surface area contributed by atoms with E-state index in [0.717, 1.165) is 36.1 Å². The van der Waals surface area contributed by atoms with Gasteiger partial charge in [0, 0.05) is 18.7 Å². The largest absolute Gasteiger partial charge is 0.466 e. The van der Waals surface area contributed by atoms with Gasteiger partial charge in [-0.25, -0.2) is 4.99 Å². The molecule has 0 spiro atoms. The summed E-state index contributed by atoms with van der Waals surface area (Å²) in [5, 5.41) is 0. The first-order chi connectivity index (χ1) is 8.56. The van der Waals surface area contributed by atoms with Crippen molar-refractivity contribution in [2.75, 3.05) is 13.1 Å². The van der Waals surface area contributed by atoms with Crippen molar-refractivity contribution in [3.8, 4) is 0 Å². The van der Waals surface area contributed by atoms with Crippen LogP contribution in [0.2, 0.25) is 0 Å². The summed E-state index contributed by atoms with van der Waals surface area (Å²) in [5.74, 6) is 3.35. The minimum Gasteiger partial charge on any atom is -0.466 e. The van der Waals surface area contributed by atoms with Gasteiger partial charge < -0.3 is 15.1 Å². The first kappa shape index (κ1) is 13.0. The Hall–Kier alpha value is -1.45. The lowest BCUT2D eigenvalue weighted by molar-refractivity contribution is 0.277. The molecule has 1 saturated heterocycles. The second-order valence-corrected chi connectivity index (χ2v) is 5.28. The lowest BCUT2D eigenvalue weighted by Gasteiger charge is -2.31. The van der Waals surface area contributed by atoms with E-state index in [1.54, 1.807) is 0 Å². The van der Waals surface area contributed by atoms with Gasteiger partial charge in [-0.2, -0.15) is 0 Å². The minimum absolute atomic E-state index is 0.612. The fraction of sp³-hybridized carbons (Fsp3) is 0.643. The van der Waals surface area contributed by atoms with E-state index in [9.17, 15) is 0 Å². The van der Waals surface area contributed by atoms with E-state index in [4.69, 9.17) is 10.2 Å². The lowest BCUT2D eigenvalue weighted by atomic mass is 10.00. The van der Waals surface area contributed by atoms with Crippen LogP contribution < -0.4 is 5.73 Å². The third-order valence-electron chi connectivity index (χ3n) is 3.66. The standard InChI is InChI=1S/C14H23N3O/c1-10-4-6-17(7-5-10)14(15)16-9-13-8-11(2)18-12(13)3/h8,10H,4-7,9H2,1-3H3,(H2,15,16). The fourth-order valence-corrected chi connectivity index (χ4v) is 2.34. The number of likely N-dealkylation sites (tertiary alicyclic amines) is 1. The summed E-state index contributed by atoms with van der Waals surface area (Å²) in [6, 6.07) is 2.03. The van der Waals surface area contributed by atoms with Crippen LogP contribution in [0.3, 0.4) is 0 Å². The normalized spacial score (nSPS) is 18.4. The molecule has 4 nitrogen and oxygen atoms in total. The maximum absolute atomic E-state index is 6.04. The van der Waals surface area contributed by atoms with Gasteiger partial charge in [0.25, 0.3) is 0 Å². The van der Waals surface area contributed by atoms with Gasteiger partial charge in [0.2, 0.25) is 0 Å². The minimum atomic E-state index is 0.612. The number of piperidine rings is 1. The smallest absolute Gasteiger partial charge is 0.191 e. The Morgan fingerprint density at radius 2 is 2.11 bits per heavy atom. The molecule has 4 heteroatoms. The SMILES string of the molecule is Cc1cc(CN=C(N)N2CCC(C)CC2)c(C)o1. The van der Waals surface area contributed by atoms with Crippen molar-refractivity contribution in [2.45, 2.75) is 40.2 Å². The van der Waals surface area contributed by atoms with E-state index in [-0.39, 0.29) is 0 Å². The molecule has 2 rings (SSSR count). The summed E-state index contributed by atoms with van der Waals surface area (Å²) in [5.41, 5.74) is 7.17. The Balaban J connectivity index is 1.94. The van der Waals surface area contributed by atoms with Crippen LogP contribution in [0.25, 0.3) is 0 Å². The molecule has 0 unspecified atom stereocenters. The number of hydrogen-bond donors (Lipinski definition) is 1. The van der Waals surface area contributed by atoms with E-state index >= 15 is 0 Å². The lowest BCUT2D eigenvalue weighted by Crippen LogP contribution is -2.42. The number of furan rings is 1. The van der Waals surface area contributed by atoms with Crippen molar-refractivity contribution in [3.63, 3.8) is 0 Å². The monoisotopic (exact) mass is 249 g/mol. The van der Waals surface area contributed by atoms with E-state index in [1.165, 1.54) is 12.8 Å². The molecule has 2 heterocycles. The molecule has 1 aliphatic heterocycles. The number of nitrogens with two attached hydrogens (primary N) is 1. The Kier molecular flexibility index (Phi) is 3.94. The maximum atomic E-state index is 6.04. The van der Waals surface area contributed by atoms with Crippen molar-refractivity contribution in [3.05, 3.63) is 23.2 Å². The first-order valence-corrected chi connectivity index (χ1v) is 6.67. The highest BCUT2D eigenvalue weighted by Gasteiger charge is 2.17. The summed E-state index contributed by atoms with van der Waals surface area (Å²) in [7, 11) is 0. The Labute approximate surface area is 109 Å². The highest BCUT2D eigenvalue weighted by atomic mass is 16.3. The zero-order valence-corrected chi connectivity index (χ0v) is 11.6. The molecule has 18 heavy (non-hydrogen) atoms. The molecule has 100 valence electrons. The van der Waals surface area contributed by atoms with Gasteiger partial charge in [-0.15, -0.1) is 0 Å². The predicted molar refractivity (Wildman–Crippen MR) is 73.5 cm³/mol. The van der Waals surface area contributed by atoms with E-state index in [1.807, 2.05) is 19.9 Å². The van der Waals surface area contributed by atoms with Gasteiger partial charge in [-0.3, -0.25) is 0 Å². The van der Waals surface area contributed by atoms with Gasteiger partial charge in [0.1, 0.15) is 11.5 Å². The zero-order valence-electron chi connectivity index (χ0n) is 11.6. The predicted octanol–water partition coefficient (Wildman–Crippen LogP) is 2.44. The highest BCUT2D eigenvalue weighted by Crippen LogP contribution is 2.17. The summed E-state index contributed by atoms with van der Waals surface area (Å²) in [6.45, 7) is 8.88. The van der Waals surface area contributed by atoms with Crippen LogP contribution >= 0.6 is 0 Å². The van der Waals surface area contributed by atoms with Crippen LogP contribution in [-0.2, 0) is 6.54 Å². The topological polar surface area (TPSA) is 54.8 Å². The Bertz CT molecular complexity index is 428. The summed E-state index contributed by atoms with van der Waals surface area (Å²) >= 11 is 0. The second kappa shape index (κ2) is 5.46. The number of aryl methyl sites for hydroxylation is 2. The average molecular weight is 249 g/mol. The first-order valence-electron chi connectivity index (χ1n) is 6.67. The Morgan fingerprint density at radius 1 is 1.44 bits per heavy atom. The van der Waals surface area contributed by atoms with Crippen molar-refractivity contribution >= 4 is 5.96 Å². The number of guanidine groups is 1. The van der Waals surface area contributed by atoms with Gasteiger partial charge in [-0.1, -0.05) is 6.92 Å². The van der Waals surface area contributed by atoms with Crippen molar-refractivity contribution < 1.29 is 4.42 Å². The molecule has 1 aromatic heterocycles. The summed E-state index contributed by atoms with van der Waals surface area (Å²) in [6.07, 6.45) is 2.42. The molecule has 1 aliphatic rings. The van der Waals surface area contributed by atoms with Crippen LogP contribution in [0.1, 0.15) is 36.8 Å². The van der Waals surface area contributed by atoms with Crippen molar-refractivity contribution in [2.24, 2.45) is 16.6 Å². The molecule has 0 aromatic carbocycles. The van der Waals surface area contributed by atoms with E-state index in [2.05, 4.69) is 16.8 Å². The molecule has 0 saturated carbocycles. The van der Waals surface area contributed by atoms with E-state index < -0.39 is 0 Å². The number of nitrogens with zero attached hydrogens (tertiary/aromatic N) is 2.